The van der Waals surface area contributed by atoms with Gasteiger partial charge in [0, 0.05) is 38.9 Å². The molecule has 6 heteroatoms. The molecule has 1 N–H and O–H groups in total. The van der Waals surface area contributed by atoms with E-state index in [4.69, 9.17) is 4.74 Å². The SMILES string of the molecule is CC1CCC(c2ccc3c(c2)OC2(CCN(C)CC2)C3)N(C(=O)C(=O)O)C1. The van der Waals surface area contributed by atoms with Crippen molar-refractivity contribution in [2.45, 2.75) is 50.7 Å². The molecule has 2 fully saturated rings. The van der Waals surface area contributed by atoms with Gasteiger partial charge in [-0.1, -0.05) is 19.1 Å². The molecule has 1 spiro atoms. The van der Waals surface area contributed by atoms with Gasteiger partial charge in [0.2, 0.25) is 0 Å². The first-order valence-electron chi connectivity index (χ1n) is 9.91. The maximum atomic E-state index is 12.2. The number of hydrogen-bond acceptors (Lipinski definition) is 4. The van der Waals surface area contributed by atoms with Crippen LogP contribution >= 0.6 is 0 Å². The van der Waals surface area contributed by atoms with Crippen LogP contribution in [-0.2, 0) is 16.0 Å². The molecule has 4 rings (SSSR count). The number of carbonyl (C=O) groups excluding carboxylic acids is 1. The van der Waals surface area contributed by atoms with Gasteiger partial charge in [0.1, 0.15) is 11.4 Å². The van der Waals surface area contributed by atoms with E-state index in [0.717, 1.165) is 56.5 Å². The molecule has 0 radical (unpaired) electrons. The number of hydrogen-bond donors (Lipinski definition) is 1. The van der Waals surface area contributed by atoms with Crippen molar-refractivity contribution in [2.24, 2.45) is 5.92 Å². The molecule has 1 aromatic rings. The van der Waals surface area contributed by atoms with E-state index < -0.39 is 11.9 Å². The summed E-state index contributed by atoms with van der Waals surface area (Å²) in [6, 6.07) is 6.02. The van der Waals surface area contributed by atoms with Crippen LogP contribution in [0.15, 0.2) is 18.2 Å². The fourth-order valence-electron chi connectivity index (χ4n) is 4.79. The number of piperidine rings is 2. The number of ether oxygens (including phenoxy) is 1. The molecule has 1 aromatic carbocycles. The normalized spacial score (nSPS) is 27.3. The fourth-order valence-corrected chi connectivity index (χ4v) is 4.79. The zero-order valence-electron chi connectivity index (χ0n) is 16.1. The van der Waals surface area contributed by atoms with Gasteiger partial charge < -0.3 is 19.6 Å². The number of rotatable bonds is 1. The van der Waals surface area contributed by atoms with Gasteiger partial charge in [-0.3, -0.25) is 4.79 Å². The lowest BCUT2D eigenvalue weighted by atomic mass is 9.86. The second-order valence-electron chi connectivity index (χ2n) is 8.59. The molecule has 2 atom stereocenters. The number of carboxylic acids is 1. The van der Waals surface area contributed by atoms with E-state index >= 15 is 0 Å². The number of nitrogens with zero attached hydrogens (tertiary/aromatic N) is 2. The molecular weight excluding hydrogens is 344 g/mol. The molecule has 6 nitrogen and oxygen atoms in total. The third-order valence-corrected chi connectivity index (χ3v) is 6.47. The van der Waals surface area contributed by atoms with E-state index in [0.29, 0.717) is 12.5 Å². The minimum atomic E-state index is -1.38. The standard InChI is InChI=1S/C21H28N2O4/c1-14-3-6-17(23(13-14)19(24)20(25)26)15-4-5-16-12-21(27-18(16)11-15)7-9-22(2)10-8-21/h4-5,11,14,17H,3,6-10,12-13H2,1-2H3,(H,25,26). The van der Waals surface area contributed by atoms with E-state index in [1.807, 2.05) is 6.07 Å². The lowest BCUT2D eigenvalue weighted by molar-refractivity contribution is -0.158. The summed E-state index contributed by atoms with van der Waals surface area (Å²) in [5.41, 5.74) is 2.12. The Morgan fingerprint density at radius 3 is 2.67 bits per heavy atom. The molecule has 2 saturated heterocycles. The predicted molar refractivity (Wildman–Crippen MR) is 101 cm³/mol. The van der Waals surface area contributed by atoms with Crippen molar-refractivity contribution in [1.29, 1.82) is 0 Å². The molecule has 0 saturated carbocycles. The number of amides is 1. The number of aliphatic carboxylic acids is 1. The highest BCUT2D eigenvalue weighted by molar-refractivity contribution is 6.31. The second kappa shape index (κ2) is 6.82. The predicted octanol–water partition coefficient (Wildman–Crippen LogP) is 2.47. The number of carbonyl (C=O) groups is 2. The highest BCUT2D eigenvalue weighted by atomic mass is 16.5. The van der Waals surface area contributed by atoms with Crippen LogP contribution in [0.3, 0.4) is 0 Å². The first-order valence-corrected chi connectivity index (χ1v) is 9.91. The van der Waals surface area contributed by atoms with Crippen LogP contribution in [0, 0.1) is 5.92 Å². The highest BCUT2D eigenvalue weighted by Crippen LogP contribution is 2.43. The summed E-state index contributed by atoms with van der Waals surface area (Å²) in [6.45, 7) is 4.64. The first-order chi connectivity index (χ1) is 12.9. The summed E-state index contributed by atoms with van der Waals surface area (Å²) >= 11 is 0. The van der Waals surface area contributed by atoms with Gasteiger partial charge in [-0.15, -0.1) is 0 Å². The number of likely N-dealkylation sites (tertiary alicyclic amines) is 2. The summed E-state index contributed by atoms with van der Waals surface area (Å²) in [4.78, 5) is 27.4. The summed E-state index contributed by atoms with van der Waals surface area (Å²) in [6.07, 6.45) is 4.77. The van der Waals surface area contributed by atoms with Gasteiger partial charge in [0.05, 0.1) is 6.04 Å². The molecule has 0 aromatic heterocycles. The molecule has 3 aliphatic rings. The lowest BCUT2D eigenvalue weighted by Gasteiger charge is -2.38. The van der Waals surface area contributed by atoms with Gasteiger partial charge >= 0.3 is 11.9 Å². The Labute approximate surface area is 160 Å². The third-order valence-electron chi connectivity index (χ3n) is 6.47. The average molecular weight is 372 g/mol. The van der Waals surface area contributed by atoms with Crippen molar-refractivity contribution in [2.75, 3.05) is 26.7 Å². The number of carboxylic acid groups (broad SMARTS) is 1. The zero-order valence-corrected chi connectivity index (χ0v) is 16.1. The van der Waals surface area contributed by atoms with E-state index in [1.165, 1.54) is 10.5 Å². The zero-order chi connectivity index (χ0) is 19.2. The van der Waals surface area contributed by atoms with Crippen LogP contribution in [0.4, 0.5) is 0 Å². The summed E-state index contributed by atoms with van der Waals surface area (Å²) < 4.78 is 6.43. The minimum absolute atomic E-state index is 0.0921. The van der Waals surface area contributed by atoms with Crippen LogP contribution in [0.1, 0.15) is 49.8 Å². The van der Waals surface area contributed by atoms with Crippen molar-refractivity contribution in [1.82, 2.24) is 9.80 Å². The quantitative estimate of drug-likeness (QED) is 0.767. The monoisotopic (exact) mass is 372 g/mol. The topological polar surface area (TPSA) is 70.1 Å². The van der Waals surface area contributed by atoms with Crippen molar-refractivity contribution in [3.05, 3.63) is 29.3 Å². The summed E-state index contributed by atoms with van der Waals surface area (Å²) in [5.74, 6) is -0.951. The molecule has 1 amide bonds. The number of benzene rings is 1. The summed E-state index contributed by atoms with van der Waals surface area (Å²) in [7, 11) is 2.14. The van der Waals surface area contributed by atoms with Gasteiger partial charge in [-0.05, 0) is 43.0 Å². The Balaban J connectivity index is 1.57. The van der Waals surface area contributed by atoms with Gasteiger partial charge in [0.15, 0.2) is 0 Å². The van der Waals surface area contributed by atoms with Crippen molar-refractivity contribution < 1.29 is 19.4 Å². The van der Waals surface area contributed by atoms with Crippen molar-refractivity contribution >= 4 is 11.9 Å². The van der Waals surface area contributed by atoms with E-state index in [9.17, 15) is 14.7 Å². The molecular formula is C21H28N2O4. The fraction of sp³-hybridized carbons (Fsp3) is 0.619. The summed E-state index contributed by atoms with van der Waals surface area (Å²) in [5, 5.41) is 9.21. The van der Waals surface area contributed by atoms with Crippen molar-refractivity contribution in [3.8, 4) is 5.75 Å². The second-order valence-corrected chi connectivity index (χ2v) is 8.59. The van der Waals surface area contributed by atoms with Gasteiger partial charge in [-0.2, -0.15) is 0 Å². The number of fused-ring (bicyclic) bond motifs is 1. The van der Waals surface area contributed by atoms with Crippen LogP contribution < -0.4 is 4.74 Å². The Kier molecular flexibility index (Phi) is 4.62. The lowest BCUT2D eigenvalue weighted by Crippen LogP contribution is -2.45. The molecule has 3 heterocycles. The third kappa shape index (κ3) is 3.43. The van der Waals surface area contributed by atoms with Crippen molar-refractivity contribution in [3.63, 3.8) is 0 Å². The Morgan fingerprint density at radius 1 is 1.22 bits per heavy atom. The average Bonchev–Trinajstić information content (AvgIpc) is 3.00. The van der Waals surface area contributed by atoms with E-state index in [1.54, 1.807) is 0 Å². The molecule has 2 unspecified atom stereocenters. The Bertz CT molecular complexity index is 755. The maximum Gasteiger partial charge on any atom is 0.394 e. The van der Waals surface area contributed by atoms with Crippen LogP contribution in [0.25, 0.3) is 0 Å². The smallest absolute Gasteiger partial charge is 0.394 e. The van der Waals surface area contributed by atoms with Gasteiger partial charge in [-0.25, -0.2) is 4.79 Å². The highest BCUT2D eigenvalue weighted by Gasteiger charge is 2.42. The molecule has 0 bridgehead atoms. The Morgan fingerprint density at radius 2 is 1.96 bits per heavy atom. The molecule has 0 aliphatic carbocycles. The molecule has 27 heavy (non-hydrogen) atoms. The van der Waals surface area contributed by atoms with Crippen LogP contribution in [0.5, 0.6) is 5.75 Å². The first kappa shape index (κ1) is 18.3. The molecule has 3 aliphatic heterocycles. The molecule has 146 valence electrons. The van der Waals surface area contributed by atoms with E-state index in [-0.39, 0.29) is 11.6 Å². The van der Waals surface area contributed by atoms with Gasteiger partial charge in [0.25, 0.3) is 0 Å². The van der Waals surface area contributed by atoms with Crippen LogP contribution in [-0.4, -0.2) is 59.1 Å². The van der Waals surface area contributed by atoms with E-state index in [2.05, 4.69) is 31.0 Å². The Hall–Kier alpha value is -2.08. The van der Waals surface area contributed by atoms with Crippen LogP contribution in [0.2, 0.25) is 0 Å². The minimum Gasteiger partial charge on any atom is -0.487 e. The largest absolute Gasteiger partial charge is 0.487 e. The maximum absolute atomic E-state index is 12.2.